The molecule has 0 saturated heterocycles. The van der Waals surface area contributed by atoms with Crippen LogP contribution in [0.5, 0.6) is 11.6 Å². The summed E-state index contributed by atoms with van der Waals surface area (Å²) in [6.07, 6.45) is 1.82. The maximum Gasteiger partial charge on any atom is 0.281 e. The van der Waals surface area contributed by atoms with E-state index in [9.17, 15) is 29.9 Å². The molecule has 0 aliphatic heterocycles. The molecule has 9 nitrogen and oxygen atoms in total. The lowest BCUT2D eigenvalue weighted by Crippen LogP contribution is -2.22. The molecule has 0 unspecified atom stereocenters. The molecule has 0 fully saturated rings. The Morgan fingerprint density at radius 3 is 2.39 bits per heavy atom. The van der Waals surface area contributed by atoms with Crippen LogP contribution in [0.25, 0.3) is 0 Å². The monoisotopic (exact) mass is 480 g/mol. The van der Waals surface area contributed by atoms with Crippen molar-refractivity contribution in [1.82, 2.24) is 4.57 Å². The summed E-state index contributed by atoms with van der Waals surface area (Å²) in [5.41, 5.74) is -0.305. The maximum atomic E-state index is 13.2. The van der Waals surface area contributed by atoms with Crippen LogP contribution in [-0.4, -0.2) is 26.3 Å². The Kier molecular flexibility index (Phi) is 6.19. The summed E-state index contributed by atoms with van der Waals surface area (Å²) >= 11 is 0. The van der Waals surface area contributed by atoms with E-state index in [0.29, 0.717) is 12.0 Å². The zero-order chi connectivity index (χ0) is 26.1. The van der Waals surface area contributed by atoms with E-state index in [2.05, 4.69) is 23.4 Å². The van der Waals surface area contributed by atoms with Crippen molar-refractivity contribution in [1.29, 1.82) is 5.26 Å². The Morgan fingerprint density at radius 1 is 1.06 bits per heavy atom. The highest BCUT2D eigenvalue weighted by molar-refractivity contribution is 6.30. The van der Waals surface area contributed by atoms with Gasteiger partial charge in [-0.15, -0.1) is 10.2 Å². The maximum absolute atomic E-state index is 13.2. The third kappa shape index (κ3) is 3.80. The number of pyridine rings is 1. The number of phenols is 1. The number of azo groups is 1. The van der Waals surface area contributed by atoms with E-state index in [0.717, 1.165) is 4.57 Å². The van der Waals surface area contributed by atoms with Crippen LogP contribution >= 0.6 is 0 Å². The number of carbonyl (C=O) groups excluding carboxylic acids is 2. The molecule has 36 heavy (non-hydrogen) atoms. The fourth-order valence-corrected chi connectivity index (χ4v) is 4.02. The molecule has 3 aromatic rings. The Bertz CT molecular complexity index is 1620. The second-order valence-electron chi connectivity index (χ2n) is 8.11. The molecule has 2 N–H and O–H groups in total. The molecule has 1 heterocycles. The topological polar surface area (TPSA) is 145 Å². The molecule has 1 aromatic heterocycles. The van der Waals surface area contributed by atoms with Crippen molar-refractivity contribution >= 4 is 22.9 Å². The summed E-state index contributed by atoms with van der Waals surface area (Å²) in [5, 5.41) is 38.4. The number of ketones is 2. The highest BCUT2D eigenvalue weighted by atomic mass is 16.3. The lowest BCUT2D eigenvalue weighted by Gasteiger charge is -2.19. The standard InChI is InChI=1S/C27H20N4O5/c1-4-14(2)11-12-31-26(35)18(13-28)15(3)23(27(31)36)30-29-19-9-5-7-16-21(19)25(34)22-17(24(16)33)8-6-10-20(22)32/h4-10,32,35H,1-2,11-12H2,3H3. The fourth-order valence-electron chi connectivity index (χ4n) is 4.02. The summed E-state index contributed by atoms with van der Waals surface area (Å²) in [5.74, 6) is -1.89. The van der Waals surface area contributed by atoms with Crippen molar-refractivity contribution in [2.75, 3.05) is 0 Å². The Morgan fingerprint density at radius 2 is 1.72 bits per heavy atom. The van der Waals surface area contributed by atoms with Gasteiger partial charge in [0.15, 0.2) is 17.3 Å². The highest BCUT2D eigenvalue weighted by Gasteiger charge is 2.33. The van der Waals surface area contributed by atoms with Crippen molar-refractivity contribution in [3.63, 3.8) is 0 Å². The number of hydrogen-bond acceptors (Lipinski definition) is 8. The van der Waals surface area contributed by atoms with Gasteiger partial charge in [-0.1, -0.05) is 49.1 Å². The molecule has 1 aliphatic rings. The van der Waals surface area contributed by atoms with Crippen LogP contribution < -0.4 is 5.56 Å². The van der Waals surface area contributed by atoms with Crippen molar-refractivity contribution in [2.24, 2.45) is 10.2 Å². The van der Waals surface area contributed by atoms with Gasteiger partial charge in [-0.25, -0.2) is 0 Å². The molecule has 2 aromatic carbocycles. The largest absolute Gasteiger partial charge is 0.507 e. The van der Waals surface area contributed by atoms with Gasteiger partial charge in [0.25, 0.3) is 5.56 Å². The first-order valence-corrected chi connectivity index (χ1v) is 10.8. The number of nitriles is 1. The smallest absolute Gasteiger partial charge is 0.281 e. The first-order chi connectivity index (χ1) is 17.2. The molecule has 4 rings (SSSR count). The predicted octanol–water partition coefficient (Wildman–Crippen LogP) is 4.76. The van der Waals surface area contributed by atoms with E-state index in [4.69, 9.17) is 0 Å². The molecule has 0 amide bonds. The summed E-state index contributed by atoms with van der Waals surface area (Å²) in [7, 11) is 0. The number of hydrogen-bond donors (Lipinski definition) is 2. The minimum absolute atomic E-state index is 0.0109. The molecular weight excluding hydrogens is 460 g/mol. The number of aromatic nitrogens is 1. The zero-order valence-electron chi connectivity index (χ0n) is 19.3. The second kappa shape index (κ2) is 9.27. The molecule has 178 valence electrons. The average molecular weight is 480 g/mol. The van der Waals surface area contributed by atoms with Crippen LogP contribution in [0.2, 0.25) is 0 Å². The third-order valence-corrected chi connectivity index (χ3v) is 6.00. The van der Waals surface area contributed by atoms with E-state index in [1.54, 1.807) is 0 Å². The molecule has 0 bridgehead atoms. The van der Waals surface area contributed by atoms with E-state index >= 15 is 0 Å². The minimum atomic E-state index is -0.695. The molecular formula is C27H20N4O5. The first kappa shape index (κ1) is 24.0. The summed E-state index contributed by atoms with van der Waals surface area (Å²) in [6.45, 7) is 8.87. The molecule has 0 saturated carbocycles. The van der Waals surface area contributed by atoms with E-state index < -0.39 is 23.0 Å². The van der Waals surface area contributed by atoms with Gasteiger partial charge in [-0.3, -0.25) is 19.0 Å². The number of rotatable bonds is 6. The normalized spacial score (nSPS) is 12.2. The van der Waals surface area contributed by atoms with Crippen molar-refractivity contribution in [3.8, 4) is 17.7 Å². The Balaban J connectivity index is 1.85. The number of benzene rings is 2. The molecule has 9 heteroatoms. The van der Waals surface area contributed by atoms with Gasteiger partial charge >= 0.3 is 0 Å². The summed E-state index contributed by atoms with van der Waals surface area (Å²) < 4.78 is 0.998. The quantitative estimate of drug-likeness (QED) is 0.300. The zero-order valence-corrected chi connectivity index (χ0v) is 19.3. The lowest BCUT2D eigenvalue weighted by molar-refractivity contribution is 0.0977. The van der Waals surface area contributed by atoms with Crippen LogP contribution in [0, 0.1) is 18.3 Å². The van der Waals surface area contributed by atoms with Crippen LogP contribution in [0.15, 0.2) is 76.2 Å². The van der Waals surface area contributed by atoms with E-state index in [1.165, 1.54) is 49.4 Å². The van der Waals surface area contributed by atoms with Gasteiger partial charge in [0.2, 0.25) is 5.88 Å². The average Bonchev–Trinajstić information content (AvgIpc) is 2.86. The van der Waals surface area contributed by atoms with Gasteiger partial charge in [0, 0.05) is 23.2 Å². The fraction of sp³-hybridized carbons (Fsp3) is 0.111. The van der Waals surface area contributed by atoms with Crippen LogP contribution in [-0.2, 0) is 6.54 Å². The van der Waals surface area contributed by atoms with E-state index in [1.807, 2.05) is 6.07 Å². The number of allylic oxidation sites excluding steroid dienone is 2. The van der Waals surface area contributed by atoms with E-state index in [-0.39, 0.29) is 57.0 Å². The molecule has 0 spiro atoms. The Hall–Kier alpha value is -5.10. The van der Waals surface area contributed by atoms with Crippen molar-refractivity contribution in [3.05, 3.63) is 105 Å². The summed E-state index contributed by atoms with van der Waals surface area (Å²) in [6, 6.07) is 10.6. The molecule has 1 aliphatic carbocycles. The number of nitrogens with zero attached hydrogens (tertiary/aromatic N) is 4. The van der Waals surface area contributed by atoms with Crippen LogP contribution in [0.3, 0.4) is 0 Å². The number of fused-ring (bicyclic) bond motifs is 2. The summed E-state index contributed by atoms with van der Waals surface area (Å²) in [4.78, 5) is 39.4. The minimum Gasteiger partial charge on any atom is -0.507 e. The van der Waals surface area contributed by atoms with Crippen LogP contribution in [0.1, 0.15) is 49.4 Å². The SMILES string of the molecule is C=CC(=C)CCn1c(O)c(C#N)c(C)c(N=Nc2cccc3c2C(=O)c2c(O)cccc2C3=O)c1=O. The molecule has 0 radical (unpaired) electrons. The lowest BCUT2D eigenvalue weighted by atomic mass is 9.83. The number of phenolic OH excluding ortho intramolecular Hbond substituents is 1. The van der Waals surface area contributed by atoms with Crippen LogP contribution in [0.4, 0.5) is 11.4 Å². The van der Waals surface area contributed by atoms with Gasteiger partial charge in [-0.05, 0) is 25.5 Å². The van der Waals surface area contributed by atoms with Gasteiger partial charge < -0.3 is 10.2 Å². The second-order valence-corrected chi connectivity index (χ2v) is 8.11. The van der Waals surface area contributed by atoms with Gasteiger partial charge in [-0.2, -0.15) is 5.26 Å². The van der Waals surface area contributed by atoms with Crippen molar-refractivity contribution < 1.29 is 19.8 Å². The third-order valence-electron chi connectivity index (χ3n) is 6.00. The molecule has 0 atom stereocenters. The first-order valence-electron chi connectivity index (χ1n) is 10.8. The van der Waals surface area contributed by atoms with Gasteiger partial charge in [0.05, 0.1) is 16.8 Å². The number of carbonyl (C=O) groups is 2. The number of aromatic hydroxyl groups is 2. The predicted molar refractivity (Wildman–Crippen MR) is 131 cm³/mol. The Labute approximate surface area is 205 Å². The highest BCUT2D eigenvalue weighted by Crippen LogP contribution is 2.37. The van der Waals surface area contributed by atoms with Gasteiger partial charge in [0.1, 0.15) is 17.4 Å². The van der Waals surface area contributed by atoms with Crippen molar-refractivity contribution in [2.45, 2.75) is 19.9 Å².